The summed E-state index contributed by atoms with van der Waals surface area (Å²) >= 11 is 9.13. The van der Waals surface area contributed by atoms with Crippen LogP contribution in [0.4, 0.5) is 5.69 Å². The zero-order valence-electron chi connectivity index (χ0n) is 8.46. The number of alkyl halides is 1. The van der Waals surface area contributed by atoms with Crippen molar-refractivity contribution in [3.63, 3.8) is 0 Å². The Morgan fingerprint density at radius 1 is 1.53 bits per heavy atom. The second-order valence-corrected chi connectivity index (χ2v) is 4.67. The maximum absolute atomic E-state index is 10.6. The second-order valence-electron chi connectivity index (χ2n) is 3.55. The van der Waals surface area contributed by atoms with Crippen molar-refractivity contribution in [2.45, 2.75) is 25.6 Å². The fraction of sp³-hybridized carbons (Fsp3) is 0.400. The number of benzene rings is 1. The predicted molar refractivity (Wildman–Crippen MR) is 64.4 cm³/mol. The van der Waals surface area contributed by atoms with Crippen LogP contribution in [0.25, 0.3) is 0 Å². The Hall–Kier alpha value is -0.610. The molecule has 0 bridgehead atoms. The van der Waals surface area contributed by atoms with E-state index in [2.05, 4.69) is 15.9 Å². The number of nitro groups is 1. The number of nitrogens with zero attached hydrogens (tertiary/aromatic N) is 1. The molecule has 0 spiro atoms. The molecule has 3 nitrogen and oxygen atoms in total. The molecule has 1 aromatic carbocycles. The highest BCUT2D eigenvalue weighted by Crippen LogP contribution is 2.33. The van der Waals surface area contributed by atoms with E-state index >= 15 is 0 Å². The monoisotopic (exact) mass is 291 g/mol. The Morgan fingerprint density at radius 2 is 2.13 bits per heavy atom. The molecule has 0 saturated carbocycles. The lowest BCUT2D eigenvalue weighted by Crippen LogP contribution is -1.98. The Morgan fingerprint density at radius 3 is 2.53 bits per heavy atom. The van der Waals surface area contributed by atoms with Crippen molar-refractivity contribution in [2.75, 3.05) is 0 Å². The van der Waals surface area contributed by atoms with Gasteiger partial charge in [-0.05, 0) is 17.0 Å². The summed E-state index contributed by atoms with van der Waals surface area (Å²) in [6, 6.07) is 3.05. The van der Waals surface area contributed by atoms with E-state index in [4.69, 9.17) is 11.6 Å². The Labute approximate surface area is 102 Å². The van der Waals surface area contributed by atoms with Crippen LogP contribution in [0.15, 0.2) is 16.6 Å². The Balaban J connectivity index is 3.37. The van der Waals surface area contributed by atoms with Crippen molar-refractivity contribution in [3.8, 4) is 0 Å². The van der Waals surface area contributed by atoms with Crippen LogP contribution >= 0.6 is 27.5 Å². The molecule has 0 heterocycles. The zero-order chi connectivity index (χ0) is 11.6. The first-order valence-corrected chi connectivity index (χ1v) is 5.82. The van der Waals surface area contributed by atoms with Gasteiger partial charge in [-0.2, -0.15) is 0 Å². The molecule has 0 aromatic heterocycles. The summed E-state index contributed by atoms with van der Waals surface area (Å²) < 4.78 is 0.752. The summed E-state index contributed by atoms with van der Waals surface area (Å²) in [5.41, 5.74) is 1.92. The topological polar surface area (TPSA) is 43.1 Å². The zero-order valence-corrected chi connectivity index (χ0v) is 10.8. The van der Waals surface area contributed by atoms with E-state index in [0.29, 0.717) is 0 Å². The number of hydrogen-bond acceptors (Lipinski definition) is 2. The first-order valence-electron chi connectivity index (χ1n) is 4.50. The normalized spacial score (nSPS) is 10.7. The predicted octanol–water partition coefficient (Wildman–Crippen LogP) is 4.22. The summed E-state index contributed by atoms with van der Waals surface area (Å²) in [6.07, 6.45) is 0. The minimum absolute atomic E-state index is 0.0712. The molecule has 0 unspecified atom stereocenters. The molecule has 5 heteroatoms. The number of hydrogen-bond donors (Lipinski definition) is 0. The van der Waals surface area contributed by atoms with Gasteiger partial charge in [0, 0.05) is 22.5 Å². The molecule has 15 heavy (non-hydrogen) atoms. The SMILES string of the molecule is CC(C)c1c(Br)cc([N+](=O)[O-])cc1CCl. The van der Waals surface area contributed by atoms with Gasteiger partial charge in [0.1, 0.15) is 0 Å². The highest BCUT2D eigenvalue weighted by atomic mass is 79.9. The van der Waals surface area contributed by atoms with Crippen LogP contribution in [0.2, 0.25) is 0 Å². The summed E-state index contributed by atoms with van der Waals surface area (Å²) in [7, 11) is 0. The standard InChI is InChI=1S/C10H11BrClNO2/c1-6(2)10-7(5-12)3-8(13(14)15)4-9(10)11/h3-4,6H,5H2,1-2H3. The van der Waals surface area contributed by atoms with E-state index in [0.717, 1.165) is 15.6 Å². The van der Waals surface area contributed by atoms with E-state index in [1.165, 1.54) is 12.1 Å². The van der Waals surface area contributed by atoms with Crippen LogP contribution in [-0.4, -0.2) is 4.92 Å². The molecule has 0 radical (unpaired) electrons. The first-order chi connectivity index (χ1) is 6.97. The number of halogens is 2. The van der Waals surface area contributed by atoms with Crippen molar-refractivity contribution in [3.05, 3.63) is 37.8 Å². The van der Waals surface area contributed by atoms with Crippen LogP contribution in [-0.2, 0) is 5.88 Å². The smallest absolute Gasteiger partial charge is 0.258 e. The van der Waals surface area contributed by atoms with Gasteiger partial charge in [-0.3, -0.25) is 10.1 Å². The molecule has 0 amide bonds. The van der Waals surface area contributed by atoms with E-state index in [-0.39, 0.29) is 17.5 Å². The second kappa shape index (κ2) is 4.94. The maximum atomic E-state index is 10.6. The van der Waals surface area contributed by atoms with Crippen molar-refractivity contribution >= 4 is 33.2 Å². The van der Waals surface area contributed by atoms with Crippen molar-refractivity contribution in [1.29, 1.82) is 0 Å². The van der Waals surface area contributed by atoms with Gasteiger partial charge >= 0.3 is 0 Å². The van der Waals surface area contributed by atoms with Crippen LogP contribution in [0.1, 0.15) is 30.9 Å². The molecular weight excluding hydrogens is 281 g/mol. The van der Waals surface area contributed by atoms with Gasteiger partial charge < -0.3 is 0 Å². The average molecular weight is 293 g/mol. The number of rotatable bonds is 3. The first kappa shape index (κ1) is 12.5. The molecule has 0 saturated heterocycles. The average Bonchev–Trinajstić information content (AvgIpc) is 2.15. The number of non-ortho nitro benzene ring substituents is 1. The van der Waals surface area contributed by atoms with Crippen LogP contribution in [0.5, 0.6) is 0 Å². The summed E-state index contributed by atoms with van der Waals surface area (Å²) in [4.78, 5) is 10.2. The molecule has 0 fully saturated rings. The fourth-order valence-corrected chi connectivity index (χ4v) is 2.69. The Kier molecular flexibility index (Phi) is 4.11. The van der Waals surface area contributed by atoms with Gasteiger partial charge in [-0.25, -0.2) is 0 Å². The lowest BCUT2D eigenvalue weighted by molar-refractivity contribution is -0.385. The van der Waals surface area contributed by atoms with Gasteiger partial charge in [0.2, 0.25) is 0 Å². The molecule has 0 aliphatic carbocycles. The Bertz CT molecular complexity index is 393. The van der Waals surface area contributed by atoms with Crippen molar-refractivity contribution < 1.29 is 4.92 Å². The summed E-state index contributed by atoms with van der Waals surface area (Å²) in [5.74, 6) is 0.572. The molecule has 0 atom stereocenters. The van der Waals surface area contributed by atoms with Gasteiger partial charge in [0.15, 0.2) is 0 Å². The molecular formula is C10H11BrClNO2. The van der Waals surface area contributed by atoms with Crippen molar-refractivity contribution in [1.82, 2.24) is 0 Å². The molecule has 0 N–H and O–H groups in total. The van der Waals surface area contributed by atoms with Crippen LogP contribution < -0.4 is 0 Å². The molecule has 0 aliphatic rings. The third-order valence-electron chi connectivity index (χ3n) is 2.13. The van der Waals surface area contributed by atoms with Crippen LogP contribution in [0.3, 0.4) is 0 Å². The van der Waals surface area contributed by atoms with E-state index in [1.54, 1.807) is 0 Å². The minimum atomic E-state index is -0.412. The molecule has 82 valence electrons. The van der Waals surface area contributed by atoms with Crippen LogP contribution in [0, 0.1) is 10.1 Å². The van der Waals surface area contributed by atoms with E-state index < -0.39 is 4.92 Å². The van der Waals surface area contributed by atoms with E-state index in [1.807, 2.05) is 13.8 Å². The largest absolute Gasteiger partial charge is 0.270 e. The van der Waals surface area contributed by atoms with Gasteiger partial charge in [-0.1, -0.05) is 29.8 Å². The minimum Gasteiger partial charge on any atom is -0.258 e. The highest BCUT2D eigenvalue weighted by molar-refractivity contribution is 9.10. The van der Waals surface area contributed by atoms with Gasteiger partial charge in [-0.15, -0.1) is 11.6 Å². The third kappa shape index (κ3) is 2.69. The number of nitro benzene ring substituents is 1. The molecule has 1 rings (SSSR count). The maximum Gasteiger partial charge on any atom is 0.270 e. The lowest BCUT2D eigenvalue weighted by atomic mass is 9.97. The lowest BCUT2D eigenvalue weighted by Gasteiger charge is -2.12. The van der Waals surface area contributed by atoms with Gasteiger partial charge in [0.05, 0.1) is 4.92 Å². The highest BCUT2D eigenvalue weighted by Gasteiger charge is 2.16. The molecule has 1 aromatic rings. The van der Waals surface area contributed by atoms with Crippen molar-refractivity contribution in [2.24, 2.45) is 0 Å². The quantitative estimate of drug-likeness (QED) is 0.475. The summed E-state index contributed by atoms with van der Waals surface area (Å²) in [5, 5.41) is 10.6. The van der Waals surface area contributed by atoms with Gasteiger partial charge in [0.25, 0.3) is 5.69 Å². The third-order valence-corrected chi connectivity index (χ3v) is 3.08. The summed E-state index contributed by atoms with van der Waals surface area (Å²) in [6.45, 7) is 4.06. The van der Waals surface area contributed by atoms with E-state index in [9.17, 15) is 10.1 Å². The fourth-order valence-electron chi connectivity index (χ4n) is 1.52. The molecule has 0 aliphatic heterocycles.